The molecule has 1 atom stereocenters. The number of carbonyl (C=O) groups excluding carboxylic acids is 2. The van der Waals surface area contributed by atoms with Gasteiger partial charge in [0.15, 0.2) is 17.0 Å². The van der Waals surface area contributed by atoms with Crippen LogP contribution < -0.4 is 32.2 Å². The minimum absolute atomic E-state index is 0.0147. The van der Waals surface area contributed by atoms with Crippen LogP contribution in [0.25, 0.3) is 11.2 Å². The van der Waals surface area contributed by atoms with E-state index in [2.05, 4.69) is 56.7 Å². The van der Waals surface area contributed by atoms with Gasteiger partial charge in [-0.05, 0) is 65.8 Å². The highest BCUT2D eigenvalue weighted by molar-refractivity contribution is 5.97. The fourth-order valence-electron chi connectivity index (χ4n) is 5.13. The second-order valence-corrected chi connectivity index (χ2v) is 12.9. The fourth-order valence-corrected chi connectivity index (χ4v) is 5.13. The first-order chi connectivity index (χ1) is 24.4. The van der Waals surface area contributed by atoms with Crippen molar-refractivity contribution in [1.29, 1.82) is 0 Å². The van der Waals surface area contributed by atoms with E-state index in [1.807, 2.05) is 42.5 Å². The minimum atomic E-state index is -1.17. The van der Waals surface area contributed by atoms with Crippen LogP contribution in [0.4, 0.5) is 17.5 Å². The number of nitrogens with one attached hydrogen (secondary N) is 3. The third-order valence-corrected chi connectivity index (χ3v) is 8.01. The maximum atomic E-state index is 13.2. The lowest BCUT2D eigenvalue weighted by atomic mass is 9.86. The van der Waals surface area contributed by atoms with E-state index >= 15 is 0 Å². The molecule has 0 saturated heterocycles. The number of ether oxygens (including phenoxy) is 1. The number of benzene rings is 3. The zero-order valence-corrected chi connectivity index (χ0v) is 28.6. The molecule has 8 N–H and O–H groups in total. The summed E-state index contributed by atoms with van der Waals surface area (Å²) >= 11 is 0. The predicted octanol–water partition coefficient (Wildman–Crippen LogP) is 4.47. The van der Waals surface area contributed by atoms with Gasteiger partial charge in [0.05, 0.1) is 24.0 Å². The van der Waals surface area contributed by atoms with Gasteiger partial charge in [0.1, 0.15) is 18.4 Å². The number of nitrogens with zero attached hydrogens (tertiary/aromatic N) is 4. The van der Waals surface area contributed by atoms with E-state index in [0.717, 1.165) is 11.1 Å². The van der Waals surface area contributed by atoms with Gasteiger partial charge in [-0.2, -0.15) is 9.97 Å². The molecule has 0 saturated carbocycles. The van der Waals surface area contributed by atoms with Crippen LogP contribution in [0.2, 0.25) is 0 Å². The van der Waals surface area contributed by atoms with Crippen LogP contribution in [0, 0.1) is 0 Å². The van der Waals surface area contributed by atoms with Gasteiger partial charge in [-0.25, -0.2) is 14.8 Å². The molecule has 0 aliphatic carbocycles. The van der Waals surface area contributed by atoms with Gasteiger partial charge in [-0.1, -0.05) is 57.2 Å². The maximum Gasteiger partial charge on any atom is 0.326 e. The number of anilines is 3. The average molecular weight is 692 g/mol. The number of carbonyl (C=O) groups is 3. The number of amides is 2. The molecular weight excluding hydrogens is 650 g/mol. The monoisotopic (exact) mass is 691 g/mol. The summed E-state index contributed by atoms with van der Waals surface area (Å²) in [5.74, 6) is -1.43. The molecule has 0 spiro atoms. The highest BCUT2D eigenvalue weighted by Gasteiger charge is 2.22. The third-order valence-electron chi connectivity index (χ3n) is 8.01. The van der Waals surface area contributed by atoms with Crippen LogP contribution in [-0.2, 0) is 23.4 Å². The quantitative estimate of drug-likeness (QED) is 0.0889. The zero-order chi connectivity index (χ0) is 36.5. The Labute approximate surface area is 295 Å². The lowest BCUT2D eigenvalue weighted by molar-refractivity contribution is -0.139. The first-order valence-corrected chi connectivity index (χ1v) is 16.4. The first kappa shape index (κ1) is 36.0. The molecule has 3 aromatic carbocycles. The molecule has 14 nitrogen and oxygen atoms in total. The Kier molecular flexibility index (Phi) is 11.2. The number of rotatable bonds is 14. The number of aliphatic carboxylic acids is 1. The number of hydrogen-bond acceptors (Lipinski definition) is 11. The molecule has 5 aromatic rings. The van der Waals surface area contributed by atoms with Crippen molar-refractivity contribution in [3.8, 4) is 5.75 Å². The summed E-state index contributed by atoms with van der Waals surface area (Å²) in [6.45, 7) is 7.07. The smallest absolute Gasteiger partial charge is 0.326 e. The van der Waals surface area contributed by atoms with Crippen molar-refractivity contribution in [3.63, 3.8) is 0 Å². The average Bonchev–Trinajstić information content (AvgIpc) is 3.11. The van der Waals surface area contributed by atoms with E-state index in [1.165, 1.54) is 0 Å². The van der Waals surface area contributed by atoms with Gasteiger partial charge in [0, 0.05) is 17.8 Å². The molecule has 5 rings (SSSR count). The van der Waals surface area contributed by atoms with Gasteiger partial charge >= 0.3 is 5.97 Å². The molecule has 0 radical (unpaired) electrons. The summed E-state index contributed by atoms with van der Waals surface area (Å²) in [7, 11) is 0. The number of fused-ring (bicyclic) bond motifs is 1. The van der Waals surface area contributed by atoms with Gasteiger partial charge in [-0.3, -0.25) is 9.59 Å². The topological polar surface area (TPSA) is 220 Å². The first-order valence-electron chi connectivity index (χ1n) is 16.4. The normalized spacial score (nSPS) is 11.8. The van der Waals surface area contributed by atoms with Crippen LogP contribution in [0.5, 0.6) is 5.75 Å². The number of hydrogen-bond donors (Lipinski definition) is 6. The largest absolute Gasteiger partial charge is 0.488 e. The van der Waals surface area contributed by atoms with Gasteiger partial charge < -0.3 is 37.3 Å². The molecule has 0 aliphatic heterocycles. The predicted molar refractivity (Wildman–Crippen MR) is 194 cm³/mol. The van der Waals surface area contributed by atoms with Crippen molar-refractivity contribution in [2.45, 2.75) is 58.2 Å². The van der Waals surface area contributed by atoms with E-state index in [4.69, 9.17) is 16.2 Å². The molecule has 14 heteroatoms. The van der Waals surface area contributed by atoms with Gasteiger partial charge in [0.25, 0.3) is 11.8 Å². The van der Waals surface area contributed by atoms with E-state index in [9.17, 15) is 19.5 Å². The Hall–Kier alpha value is -6.31. The Morgan fingerprint density at radius 3 is 2.37 bits per heavy atom. The summed E-state index contributed by atoms with van der Waals surface area (Å²) in [6, 6.07) is 20.6. The second-order valence-electron chi connectivity index (χ2n) is 12.9. The summed E-state index contributed by atoms with van der Waals surface area (Å²) in [4.78, 5) is 54.7. The Balaban J connectivity index is 1.12. The Morgan fingerprint density at radius 2 is 1.67 bits per heavy atom. The van der Waals surface area contributed by atoms with Crippen LogP contribution in [0.3, 0.4) is 0 Å². The molecule has 0 unspecified atom stereocenters. The molecule has 264 valence electrons. The lowest BCUT2D eigenvalue weighted by Crippen LogP contribution is -2.41. The van der Waals surface area contributed by atoms with Crippen molar-refractivity contribution in [1.82, 2.24) is 30.6 Å². The molecule has 2 aromatic heterocycles. The molecule has 0 fully saturated rings. The van der Waals surface area contributed by atoms with Crippen LogP contribution in [0.1, 0.15) is 71.1 Å². The third kappa shape index (κ3) is 9.65. The van der Waals surface area contributed by atoms with Crippen molar-refractivity contribution in [2.75, 3.05) is 23.3 Å². The molecule has 51 heavy (non-hydrogen) atoms. The summed E-state index contributed by atoms with van der Waals surface area (Å²) in [5, 5.41) is 18.4. The van der Waals surface area contributed by atoms with E-state index in [0.29, 0.717) is 53.4 Å². The van der Waals surface area contributed by atoms with Crippen LogP contribution in [-0.4, -0.2) is 55.4 Å². The number of nitrogen functional groups attached to an aromatic ring is 2. The maximum absolute atomic E-state index is 13.2. The summed E-state index contributed by atoms with van der Waals surface area (Å²) in [6.07, 6.45) is 1.97. The highest BCUT2D eigenvalue weighted by Crippen LogP contribution is 2.29. The number of nitrogens with two attached hydrogens (primary N) is 2. The highest BCUT2D eigenvalue weighted by atomic mass is 16.5. The van der Waals surface area contributed by atoms with E-state index < -0.39 is 17.9 Å². The fraction of sp³-hybridized carbons (Fsp3) is 0.270. The van der Waals surface area contributed by atoms with Gasteiger partial charge in [0.2, 0.25) is 5.95 Å². The van der Waals surface area contributed by atoms with E-state index in [-0.39, 0.29) is 41.6 Å². The summed E-state index contributed by atoms with van der Waals surface area (Å²) in [5.41, 5.74) is 15.9. The van der Waals surface area contributed by atoms with Crippen molar-refractivity contribution in [3.05, 3.63) is 107 Å². The van der Waals surface area contributed by atoms with Crippen LogP contribution in [0.15, 0.2) is 79.0 Å². The SMILES string of the molecule is CC(C)(C)c1ccc(C(=O)NCCC[C@H](NC(=O)c2ccc(NCc3cnc4nc(N)nc(N)c4n3)cc2)C(=O)O)c(OCc2ccccc2)c1. The lowest BCUT2D eigenvalue weighted by Gasteiger charge is -2.21. The molecular formula is C37H41N9O5. The van der Waals surface area contributed by atoms with Crippen molar-refractivity contribution < 1.29 is 24.2 Å². The number of aromatic nitrogens is 4. The molecule has 0 bridgehead atoms. The standard InChI is InChI=1S/C37H41N9O5/c1-37(2,3)24-13-16-27(29(18-24)51-21-22-8-5-4-6-9-22)34(48)40-17-7-10-28(35(49)50)44-33(47)23-11-14-25(15-12-23)41-19-26-20-42-32-30(43-26)31(38)45-36(39)46-32/h4-6,8-9,11-16,18,20,28,41H,7,10,17,19,21H2,1-3H3,(H,40,48)(H,44,47)(H,49,50)(H4,38,39,42,45,46)/t28-/m0/s1. The molecule has 2 heterocycles. The minimum Gasteiger partial charge on any atom is -0.488 e. The molecule has 2 amide bonds. The Bertz CT molecular complexity index is 2020. The number of carboxylic acids is 1. The zero-order valence-electron chi connectivity index (χ0n) is 28.6. The Morgan fingerprint density at radius 1 is 0.922 bits per heavy atom. The van der Waals surface area contributed by atoms with Crippen LogP contribution >= 0.6 is 0 Å². The van der Waals surface area contributed by atoms with Gasteiger partial charge in [-0.15, -0.1) is 0 Å². The van der Waals surface area contributed by atoms with E-state index in [1.54, 1.807) is 36.5 Å². The number of carboxylic acid groups (broad SMARTS) is 1. The second kappa shape index (κ2) is 15.9. The summed E-state index contributed by atoms with van der Waals surface area (Å²) < 4.78 is 6.10. The van der Waals surface area contributed by atoms with Crippen molar-refractivity contribution in [2.24, 2.45) is 0 Å². The van der Waals surface area contributed by atoms with Crippen molar-refractivity contribution >= 4 is 46.4 Å². The molecule has 0 aliphatic rings.